The molecule has 0 amide bonds. The first-order valence-corrected chi connectivity index (χ1v) is 4.16. The van der Waals surface area contributed by atoms with E-state index in [1.165, 1.54) is 5.56 Å². The summed E-state index contributed by atoms with van der Waals surface area (Å²) >= 11 is 0. The van der Waals surface area contributed by atoms with E-state index in [-0.39, 0.29) is 0 Å². The van der Waals surface area contributed by atoms with Crippen LogP contribution in [0.5, 0.6) is 11.5 Å². The van der Waals surface area contributed by atoms with Crippen LogP contribution >= 0.6 is 0 Å². The number of ether oxygens (including phenoxy) is 3. The summed E-state index contributed by atoms with van der Waals surface area (Å²) in [7, 11) is 0. The van der Waals surface area contributed by atoms with Crippen molar-refractivity contribution < 1.29 is 14.2 Å². The Morgan fingerprint density at radius 2 is 2.00 bits per heavy atom. The van der Waals surface area contributed by atoms with Crippen molar-refractivity contribution in [1.82, 2.24) is 0 Å². The number of hydrogen-bond donors (Lipinski definition) is 0. The smallest absolute Gasteiger partial charge is 0.231 e. The molecule has 1 aromatic carbocycles. The highest BCUT2D eigenvalue weighted by Gasteiger charge is 2.16. The second kappa shape index (κ2) is 2.42. The first-order chi connectivity index (χ1) is 6.42. The van der Waals surface area contributed by atoms with E-state index >= 15 is 0 Å². The second-order valence-electron chi connectivity index (χ2n) is 3.07. The van der Waals surface area contributed by atoms with Crippen LogP contribution in [-0.2, 0) is 11.2 Å². The van der Waals surface area contributed by atoms with Gasteiger partial charge in [0, 0.05) is 6.42 Å². The molecular formula is C10H8O3. The minimum Gasteiger partial charge on any atom is -0.462 e. The van der Waals surface area contributed by atoms with Crippen molar-refractivity contribution in [3.8, 4) is 11.5 Å². The zero-order valence-electron chi connectivity index (χ0n) is 6.95. The Kier molecular flexibility index (Phi) is 1.27. The molecule has 2 heterocycles. The van der Waals surface area contributed by atoms with E-state index in [1.54, 1.807) is 6.26 Å². The summed E-state index contributed by atoms with van der Waals surface area (Å²) in [6, 6.07) is 5.95. The zero-order chi connectivity index (χ0) is 8.67. The first kappa shape index (κ1) is 6.83. The van der Waals surface area contributed by atoms with Crippen molar-refractivity contribution in [3.05, 3.63) is 35.8 Å². The van der Waals surface area contributed by atoms with Crippen LogP contribution in [0.2, 0.25) is 0 Å². The third-order valence-corrected chi connectivity index (χ3v) is 2.10. The lowest BCUT2D eigenvalue weighted by Gasteiger charge is -1.98. The van der Waals surface area contributed by atoms with E-state index in [9.17, 15) is 0 Å². The van der Waals surface area contributed by atoms with Gasteiger partial charge in [-0.3, -0.25) is 0 Å². The van der Waals surface area contributed by atoms with Gasteiger partial charge in [-0.05, 0) is 17.7 Å². The number of allylic oxidation sites excluding steroid dienone is 1. The largest absolute Gasteiger partial charge is 0.462 e. The van der Waals surface area contributed by atoms with Crippen molar-refractivity contribution >= 4 is 0 Å². The third kappa shape index (κ3) is 1.22. The summed E-state index contributed by atoms with van der Waals surface area (Å²) in [5.41, 5.74) is 1.19. The summed E-state index contributed by atoms with van der Waals surface area (Å²) in [6.07, 6.45) is 2.60. The highest BCUT2D eigenvalue weighted by molar-refractivity contribution is 5.45. The highest BCUT2D eigenvalue weighted by Crippen LogP contribution is 2.33. The maximum Gasteiger partial charge on any atom is 0.231 e. The molecule has 1 aromatic rings. The summed E-state index contributed by atoms with van der Waals surface area (Å²) in [6.45, 7) is 0.331. The van der Waals surface area contributed by atoms with Gasteiger partial charge in [0.25, 0.3) is 0 Å². The van der Waals surface area contributed by atoms with Gasteiger partial charge in [0.2, 0.25) is 6.79 Å². The molecule has 0 spiro atoms. The van der Waals surface area contributed by atoms with Crippen molar-refractivity contribution in [1.29, 1.82) is 0 Å². The van der Waals surface area contributed by atoms with Crippen LogP contribution in [0, 0.1) is 0 Å². The Balaban J connectivity index is 1.90. The van der Waals surface area contributed by atoms with E-state index in [0.29, 0.717) is 6.79 Å². The molecule has 3 nitrogen and oxygen atoms in total. The quantitative estimate of drug-likeness (QED) is 0.688. The second-order valence-corrected chi connectivity index (χ2v) is 3.07. The summed E-state index contributed by atoms with van der Waals surface area (Å²) in [5.74, 6) is 2.69. The van der Waals surface area contributed by atoms with Gasteiger partial charge in [-0.1, -0.05) is 6.07 Å². The van der Waals surface area contributed by atoms with Gasteiger partial charge in [0.05, 0.1) is 0 Å². The molecule has 3 heteroatoms. The van der Waals surface area contributed by atoms with E-state index in [4.69, 9.17) is 14.2 Å². The SMILES string of the molecule is C1=C(Cc2ccc3c(c2)OCO3)O1. The van der Waals surface area contributed by atoms with E-state index < -0.39 is 0 Å². The average Bonchev–Trinajstić information content (AvgIpc) is 2.83. The van der Waals surface area contributed by atoms with E-state index in [1.807, 2.05) is 18.2 Å². The maximum absolute atomic E-state index is 5.26. The van der Waals surface area contributed by atoms with Gasteiger partial charge >= 0.3 is 0 Å². The van der Waals surface area contributed by atoms with Gasteiger partial charge in [-0.2, -0.15) is 0 Å². The molecule has 2 aliphatic rings. The van der Waals surface area contributed by atoms with Crippen LogP contribution < -0.4 is 9.47 Å². The molecule has 3 rings (SSSR count). The fourth-order valence-electron chi connectivity index (χ4n) is 1.38. The Morgan fingerprint density at radius 1 is 1.15 bits per heavy atom. The van der Waals surface area contributed by atoms with Gasteiger partial charge in [-0.15, -0.1) is 0 Å². The lowest BCUT2D eigenvalue weighted by atomic mass is 10.1. The van der Waals surface area contributed by atoms with Crippen molar-refractivity contribution in [3.63, 3.8) is 0 Å². The van der Waals surface area contributed by atoms with Gasteiger partial charge in [0.15, 0.2) is 11.5 Å². The zero-order valence-corrected chi connectivity index (χ0v) is 6.95. The summed E-state index contributed by atoms with van der Waals surface area (Å²) < 4.78 is 15.4. The number of hydrogen-bond acceptors (Lipinski definition) is 3. The minimum atomic E-state index is 0.331. The molecule has 0 N–H and O–H groups in total. The van der Waals surface area contributed by atoms with Crippen molar-refractivity contribution in [2.24, 2.45) is 0 Å². The molecule has 0 aromatic heterocycles. The predicted octanol–water partition coefficient (Wildman–Crippen LogP) is 1.83. The van der Waals surface area contributed by atoms with Crippen LogP contribution in [0.25, 0.3) is 0 Å². The fraction of sp³-hybridized carbons (Fsp3) is 0.200. The van der Waals surface area contributed by atoms with Crippen LogP contribution in [0.3, 0.4) is 0 Å². The molecular weight excluding hydrogens is 168 g/mol. The Hall–Kier alpha value is -1.64. The number of rotatable bonds is 2. The van der Waals surface area contributed by atoms with Gasteiger partial charge in [-0.25, -0.2) is 0 Å². The fourth-order valence-corrected chi connectivity index (χ4v) is 1.38. The normalized spacial score (nSPS) is 16.5. The molecule has 0 unspecified atom stereocenters. The van der Waals surface area contributed by atoms with Gasteiger partial charge in [0.1, 0.15) is 12.0 Å². The molecule has 2 aliphatic heterocycles. The molecule has 0 saturated heterocycles. The number of fused-ring (bicyclic) bond motifs is 1. The molecule has 0 radical (unpaired) electrons. The van der Waals surface area contributed by atoms with Crippen LogP contribution in [0.4, 0.5) is 0 Å². The van der Waals surface area contributed by atoms with Crippen LogP contribution in [0.1, 0.15) is 5.56 Å². The summed E-state index contributed by atoms with van der Waals surface area (Å²) in [4.78, 5) is 0. The monoisotopic (exact) mass is 176 g/mol. The molecule has 0 bridgehead atoms. The molecule has 0 aliphatic carbocycles. The van der Waals surface area contributed by atoms with E-state index in [2.05, 4.69) is 0 Å². The number of benzene rings is 1. The van der Waals surface area contributed by atoms with E-state index in [0.717, 1.165) is 23.7 Å². The van der Waals surface area contributed by atoms with Crippen LogP contribution in [0.15, 0.2) is 30.2 Å². The Labute approximate surface area is 75.5 Å². The Bertz CT molecular complexity index is 382. The topological polar surface area (TPSA) is 31.0 Å². The first-order valence-electron chi connectivity index (χ1n) is 4.16. The van der Waals surface area contributed by atoms with Crippen molar-refractivity contribution in [2.75, 3.05) is 6.79 Å². The average molecular weight is 176 g/mol. The van der Waals surface area contributed by atoms with Crippen molar-refractivity contribution in [2.45, 2.75) is 6.42 Å². The minimum absolute atomic E-state index is 0.331. The molecule has 0 atom stereocenters. The maximum atomic E-state index is 5.26. The highest BCUT2D eigenvalue weighted by atomic mass is 16.7. The summed E-state index contributed by atoms with van der Waals surface area (Å²) in [5, 5.41) is 0. The Morgan fingerprint density at radius 3 is 2.85 bits per heavy atom. The van der Waals surface area contributed by atoms with Gasteiger partial charge < -0.3 is 14.2 Å². The standard InChI is InChI=1S/C10H8O3/c1-2-9-10(13-6-12-9)4-7(1)3-8-5-11-8/h1-2,4-5H,3,6H2. The molecule has 66 valence electrons. The molecule has 13 heavy (non-hydrogen) atoms. The molecule has 0 saturated carbocycles. The lowest BCUT2D eigenvalue weighted by Crippen LogP contribution is -1.92. The lowest BCUT2D eigenvalue weighted by molar-refractivity contribution is 0.174. The molecule has 0 fully saturated rings. The third-order valence-electron chi connectivity index (χ3n) is 2.10. The predicted molar refractivity (Wildman–Crippen MR) is 45.4 cm³/mol. The van der Waals surface area contributed by atoms with Crippen LogP contribution in [-0.4, -0.2) is 6.79 Å².